The molecular formula is C19H20BrFN4O3. The molecule has 0 aliphatic rings. The number of benzene rings is 1. The summed E-state index contributed by atoms with van der Waals surface area (Å²) >= 11 is 3.28. The lowest BCUT2D eigenvalue weighted by atomic mass is 10.0. The number of rotatable bonds is 8. The predicted octanol–water partition coefficient (Wildman–Crippen LogP) is 1.24. The summed E-state index contributed by atoms with van der Waals surface area (Å²) in [6.07, 6.45) is 1.77. The lowest BCUT2D eigenvalue weighted by Crippen LogP contribution is -2.54. The fraction of sp³-hybridized carbons (Fsp3) is 0.263. The molecule has 0 spiro atoms. The molecule has 28 heavy (non-hydrogen) atoms. The van der Waals surface area contributed by atoms with E-state index in [1.54, 1.807) is 24.4 Å². The second-order valence-electron chi connectivity index (χ2n) is 6.21. The van der Waals surface area contributed by atoms with E-state index in [1.165, 1.54) is 25.1 Å². The van der Waals surface area contributed by atoms with Gasteiger partial charge in [-0.1, -0.05) is 18.2 Å². The molecule has 2 atom stereocenters. The molecule has 0 bridgehead atoms. The zero-order chi connectivity index (χ0) is 20.7. The normalized spacial score (nSPS) is 12.7. The number of hydrogen-bond donors (Lipinski definition) is 3. The van der Waals surface area contributed by atoms with Gasteiger partial charge in [0, 0.05) is 26.0 Å². The third-order valence-corrected chi connectivity index (χ3v) is 4.66. The van der Waals surface area contributed by atoms with E-state index in [0.29, 0.717) is 15.7 Å². The molecule has 0 saturated heterocycles. The van der Waals surface area contributed by atoms with Gasteiger partial charge in [0.25, 0.3) is 0 Å². The van der Waals surface area contributed by atoms with Crippen LogP contribution in [-0.2, 0) is 27.2 Å². The minimum Gasteiger partial charge on any atom is -0.368 e. The van der Waals surface area contributed by atoms with Crippen LogP contribution in [-0.4, -0.2) is 34.8 Å². The lowest BCUT2D eigenvalue weighted by Gasteiger charge is -2.22. The summed E-state index contributed by atoms with van der Waals surface area (Å²) in [6.45, 7) is 1.27. The summed E-state index contributed by atoms with van der Waals surface area (Å²) in [7, 11) is 0. The van der Waals surface area contributed by atoms with Crippen molar-refractivity contribution in [3.63, 3.8) is 0 Å². The van der Waals surface area contributed by atoms with Crippen molar-refractivity contribution in [2.75, 3.05) is 0 Å². The number of nitrogens with one attached hydrogen (secondary N) is 2. The van der Waals surface area contributed by atoms with E-state index in [9.17, 15) is 18.8 Å². The summed E-state index contributed by atoms with van der Waals surface area (Å²) < 4.78 is 14.0. The Labute approximate surface area is 170 Å². The van der Waals surface area contributed by atoms with Crippen molar-refractivity contribution < 1.29 is 18.8 Å². The first kappa shape index (κ1) is 21.5. The Hall–Kier alpha value is -2.81. The van der Waals surface area contributed by atoms with E-state index < -0.39 is 35.6 Å². The van der Waals surface area contributed by atoms with Gasteiger partial charge < -0.3 is 16.4 Å². The Morgan fingerprint density at radius 2 is 1.89 bits per heavy atom. The van der Waals surface area contributed by atoms with Crippen LogP contribution in [0, 0.1) is 5.82 Å². The fourth-order valence-electron chi connectivity index (χ4n) is 2.64. The quantitative estimate of drug-likeness (QED) is 0.524. The molecule has 9 heteroatoms. The summed E-state index contributed by atoms with van der Waals surface area (Å²) in [5, 5.41) is 5.08. The van der Waals surface area contributed by atoms with Gasteiger partial charge >= 0.3 is 0 Å². The first-order valence-electron chi connectivity index (χ1n) is 8.47. The molecule has 1 aromatic heterocycles. The van der Waals surface area contributed by atoms with Crippen molar-refractivity contribution in [3.8, 4) is 0 Å². The number of hydrogen-bond acceptors (Lipinski definition) is 4. The second kappa shape index (κ2) is 9.93. The molecule has 0 fully saturated rings. The van der Waals surface area contributed by atoms with Crippen LogP contribution in [0.2, 0.25) is 0 Å². The largest absolute Gasteiger partial charge is 0.368 e. The topological polar surface area (TPSA) is 114 Å². The standard InChI is InChI=1S/C19H20BrFN4O3/c1-11(26)24-16(9-12-4-2-6-14(21)8-12)19(28)25-15(18(22)27)10-13-5-3-7-23-17(13)20/h2-8,15-16H,9-10H2,1H3,(H2,22,27)(H,24,26)(H,25,28)/t15-,16-/m1/s1. The minimum absolute atomic E-state index is 0.0608. The van der Waals surface area contributed by atoms with Crippen LogP contribution in [0.5, 0.6) is 0 Å². The molecule has 0 saturated carbocycles. The van der Waals surface area contributed by atoms with Crippen molar-refractivity contribution in [2.24, 2.45) is 5.73 Å². The van der Waals surface area contributed by atoms with E-state index in [4.69, 9.17) is 5.73 Å². The zero-order valence-electron chi connectivity index (χ0n) is 15.1. The first-order valence-corrected chi connectivity index (χ1v) is 9.26. The van der Waals surface area contributed by atoms with Crippen molar-refractivity contribution >= 4 is 33.7 Å². The summed E-state index contributed by atoms with van der Waals surface area (Å²) in [4.78, 5) is 40.1. The highest BCUT2D eigenvalue weighted by molar-refractivity contribution is 9.10. The molecule has 0 radical (unpaired) electrons. The van der Waals surface area contributed by atoms with Crippen LogP contribution in [0.15, 0.2) is 47.2 Å². The number of pyridine rings is 1. The molecule has 7 nitrogen and oxygen atoms in total. The number of halogens is 2. The number of amides is 3. The predicted molar refractivity (Wildman–Crippen MR) is 104 cm³/mol. The molecular weight excluding hydrogens is 431 g/mol. The minimum atomic E-state index is -1.00. The first-order chi connectivity index (χ1) is 13.3. The van der Waals surface area contributed by atoms with Gasteiger partial charge in [-0.25, -0.2) is 9.37 Å². The molecule has 2 rings (SSSR count). The van der Waals surface area contributed by atoms with Gasteiger partial charge in [-0.05, 0) is 45.3 Å². The molecule has 4 N–H and O–H groups in total. The average Bonchev–Trinajstić information content (AvgIpc) is 2.61. The van der Waals surface area contributed by atoms with E-state index >= 15 is 0 Å². The van der Waals surface area contributed by atoms with Crippen molar-refractivity contribution in [1.82, 2.24) is 15.6 Å². The lowest BCUT2D eigenvalue weighted by molar-refractivity contribution is -0.130. The van der Waals surface area contributed by atoms with Gasteiger partial charge in [0.15, 0.2) is 0 Å². The third kappa shape index (κ3) is 6.41. The van der Waals surface area contributed by atoms with Gasteiger partial charge in [-0.3, -0.25) is 14.4 Å². The van der Waals surface area contributed by atoms with Crippen molar-refractivity contribution in [2.45, 2.75) is 31.8 Å². The summed E-state index contributed by atoms with van der Waals surface area (Å²) in [5.74, 6) is -2.20. The smallest absolute Gasteiger partial charge is 0.243 e. The van der Waals surface area contributed by atoms with Crippen LogP contribution in [0.1, 0.15) is 18.1 Å². The van der Waals surface area contributed by atoms with E-state index in [1.807, 2.05) is 0 Å². The molecule has 1 aromatic carbocycles. The highest BCUT2D eigenvalue weighted by Gasteiger charge is 2.26. The van der Waals surface area contributed by atoms with Crippen LogP contribution in [0.25, 0.3) is 0 Å². The summed E-state index contributed by atoms with van der Waals surface area (Å²) in [6, 6.07) is 7.17. The number of carbonyl (C=O) groups is 3. The number of carbonyl (C=O) groups excluding carboxylic acids is 3. The van der Waals surface area contributed by atoms with Gasteiger partial charge in [-0.2, -0.15) is 0 Å². The number of aromatic nitrogens is 1. The third-order valence-electron chi connectivity index (χ3n) is 3.94. The molecule has 0 unspecified atom stereocenters. The highest BCUT2D eigenvalue weighted by atomic mass is 79.9. The van der Waals surface area contributed by atoms with E-state index in [2.05, 4.69) is 31.5 Å². The fourth-order valence-corrected chi connectivity index (χ4v) is 3.05. The maximum absolute atomic E-state index is 13.4. The highest BCUT2D eigenvalue weighted by Crippen LogP contribution is 2.15. The Balaban J connectivity index is 2.15. The van der Waals surface area contributed by atoms with Gasteiger partial charge in [0.1, 0.15) is 22.5 Å². The van der Waals surface area contributed by atoms with Crippen LogP contribution < -0.4 is 16.4 Å². The number of nitrogens with zero attached hydrogens (tertiary/aromatic N) is 1. The molecule has 0 aliphatic heterocycles. The Morgan fingerprint density at radius 3 is 2.50 bits per heavy atom. The average molecular weight is 451 g/mol. The SMILES string of the molecule is CC(=O)N[C@H](Cc1cccc(F)c1)C(=O)N[C@H](Cc1cccnc1Br)C(N)=O. The van der Waals surface area contributed by atoms with E-state index in [-0.39, 0.29) is 12.8 Å². The molecule has 1 heterocycles. The van der Waals surface area contributed by atoms with Gasteiger partial charge in [0.05, 0.1) is 0 Å². The monoisotopic (exact) mass is 450 g/mol. The van der Waals surface area contributed by atoms with Crippen molar-refractivity contribution in [3.05, 3.63) is 64.1 Å². The van der Waals surface area contributed by atoms with Gasteiger partial charge in [-0.15, -0.1) is 0 Å². The maximum atomic E-state index is 13.4. The molecule has 2 aromatic rings. The van der Waals surface area contributed by atoms with Crippen LogP contribution >= 0.6 is 15.9 Å². The number of nitrogens with two attached hydrogens (primary N) is 1. The van der Waals surface area contributed by atoms with Gasteiger partial charge in [0.2, 0.25) is 17.7 Å². The zero-order valence-corrected chi connectivity index (χ0v) is 16.7. The Bertz CT molecular complexity index is 878. The van der Waals surface area contributed by atoms with Crippen molar-refractivity contribution in [1.29, 1.82) is 0 Å². The molecule has 3 amide bonds. The van der Waals surface area contributed by atoms with E-state index in [0.717, 1.165) is 0 Å². The summed E-state index contributed by atoms with van der Waals surface area (Å²) in [5.41, 5.74) is 6.65. The Kier molecular flexibility index (Phi) is 7.62. The second-order valence-corrected chi connectivity index (χ2v) is 6.96. The van der Waals surface area contributed by atoms with Crippen LogP contribution in [0.3, 0.4) is 0 Å². The number of primary amides is 1. The van der Waals surface area contributed by atoms with Crippen LogP contribution in [0.4, 0.5) is 4.39 Å². The molecule has 148 valence electrons. The molecule has 0 aliphatic carbocycles. The Morgan fingerprint density at radius 1 is 1.14 bits per heavy atom. The maximum Gasteiger partial charge on any atom is 0.243 e.